The van der Waals surface area contributed by atoms with E-state index in [1.165, 1.54) is 13.8 Å². The number of carbonyl (C=O) groups excluding carboxylic acids is 2. The normalized spacial score (nSPS) is 38.7. The molecule has 2 rings (SSSR count). The van der Waals surface area contributed by atoms with E-state index in [2.05, 4.69) is 0 Å². The van der Waals surface area contributed by atoms with Crippen LogP contribution in [0.25, 0.3) is 0 Å². The molecule has 1 heterocycles. The summed E-state index contributed by atoms with van der Waals surface area (Å²) >= 11 is 0. The second-order valence-corrected chi connectivity index (χ2v) is 3.60. The molecule has 1 aliphatic carbocycles. The molecule has 5 nitrogen and oxygen atoms in total. The topological polar surface area (TPSA) is 65.1 Å². The Kier molecular flexibility index (Phi) is 2.19. The highest BCUT2D eigenvalue weighted by Gasteiger charge is 2.59. The molecule has 14 heavy (non-hydrogen) atoms. The first-order valence-electron chi connectivity index (χ1n) is 4.58. The molecule has 0 aromatic carbocycles. The molecular formula is C9H12O5. The van der Waals surface area contributed by atoms with Gasteiger partial charge in [-0.1, -0.05) is 0 Å². The number of hydrogen-bond acceptors (Lipinski definition) is 5. The van der Waals surface area contributed by atoms with Crippen molar-refractivity contribution in [3.63, 3.8) is 0 Å². The summed E-state index contributed by atoms with van der Waals surface area (Å²) in [6.45, 7) is 2.72. The summed E-state index contributed by atoms with van der Waals surface area (Å²) in [4.78, 5) is 21.4. The number of ether oxygens (including phenoxy) is 3. The van der Waals surface area contributed by atoms with Crippen molar-refractivity contribution in [2.45, 2.75) is 44.7 Å². The van der Waals surface area contributed by atoms with Gasteiger partial charge >= 0.3 is 11.9 Å². The standard InChI is InChI=1S/C9H12O5/c1-4(10)12-6-3-7(13-5(2)11)9-8(6)14-9/h6-9H,3H2,1-2H3/t6-,7+,8+,9-. The molecule has 1 saturated carbocycles. The van der Waals surface area contributed by atoms with Crippen LogP contribution >= 0.6 is 0 Å². The maximum atomic E-state index is 10.7. The average molecular weight is 200 g/mol. The highest BCUT2D eigenvalue weighted by molar-refractivity contribution is 5.67. The Hall–Kier alpha value is -1.10. The van der Waals surface area contributed by atoms with Gasteiger partial charge in [-0.2, -0.15) is 0 Å². The molecule has 2 aliphatic rings. The fourth-order valence-corrected chi connectivity index (χ4v) is 1.89. The van der Waals surface area contributed by atoms with Crippen LogP contribution in [-0.4, -0.2) is 36.4 Å². The maximum absolute atomic E-state index is 10.7. The van der Waals surface area contributed by atoms with Gasteiger partial charge in [-0.15, -0.1) is 0 Å². The van der Waals surface area contributed by atoms with Gasteiger partial charge < -0.3 is 14.2 Å². The van der Waals surface area contributed by atoms with E-state index < -0.39 is 0 Å². The lowest BCUT2D eigenvalue weighted by Crippen LogP contribution is -2.23. The van der Waals surface area contributed by atoms with Crippen molar-refractivity contribution in [1.82, 2.24) is 0 Å². The largest absolute Gasteiger partial charge is 0.460 e. The minimum Gasteiger partial charge on any atom is -0.460 e. The lowest BCUT2D eigenvalue weighted by atomic mass is 10.3. The highest BCUT2D eigenvalue weighted by Crippen LogP contribution is 2.42. The second-order valence-electron chi connectivity index (χ2n) is 3.60. The zero-order valence-electron chi connectivity index (χ0n) is 8.06. The predicted octanol–water partition coefficient (Wildman–Crippen LogP) is 0.0209. The first-order chi connectivity index (χ1) is 6.58. The molecule has 0 unspecified atom stereocenters. The first kappa shape index (κ1) is 9.45. The van der Waals surface area contributed by atoms with Gasteiger partial charge in [-0.05, 0) is 0 Å². The Morgan fingerprint density at radius 3 is 1.86 bits per heavy atom. The smallest absolute Gasteiger partial charge is 0.302 e. The van der Waals surface area contributed by atoms with Crippen molar-refractivity contribution in [2.24, 2.45) is 0 Å². The fraction of sp³-hybridized carbons (Fsp3) is 0.778. The van der Waals surface area contributed by atoms with Gasteiger partial charge in [0.15, 0.2) is 0 Å². The Balaban J connectivity index is 1.89. The van der Waals surface area contributed by atoms with Crippen LogP contribution in [0.15, 0.2) is 0 Å². The molecule has 1 saturated heterocycles. The number of fused-ring (bicyclic) bond motifs is 1. The van der Waals surface area contributed by atoms with Crippen LogP contribution in [0.3, 0.4) is 0 Å². The molecule has 0 N–H and O–H groups in total. The second kappa shape index (κ2) is 3.24. The lowest BCUT2D eigenvalue weighted by Gasteiger charge is -2.15. The van der Waals surface area contributed by atoms with Gasteiger partial charge in [0.1, 0.15) is 24.4 Å². The maximum Gasteiger partial charge on any atom is 0.302 e. The summed E-state index contributed by atoms with van der Waals surface area (Å²) in [6, 6.07) is 0. The van der Waals surface area contributed by atoms with Crippen molar-refractivity contribution >= 4 is 11.9 Å². The van der Waals surface area contributed by atoms with E-state index in [1.807, 2.05) is 0 Å². The zero-order valence-corrected chi connectivity index (χ0v) is 8.06. The SMILES string of the molecule is CC(=O)O[C@H]1C[C@@H](OC(C)=O)[C@@H]2O[C@@H]21. The molecule has 0 bridgehead atoms. The van der Waals surface area contributed by atoms with Gasteiger partial charge in [0.2, 0.25) is 0 Å². The zero-order chi connectivity index (χ0) is 10.3. The summed E-state index contributed by atoms with van der Waals surface area (Å²) in [7, 11) is 0. The summed E-state index contributed by atoms with van der Waals surface area (Å²) < 4.78 is 15.3. The first-order valence-corrected chi connectivity index (χ1v) is 4.58. The monoisotopic (exact) mass is 200 g/mol. The Bertz CT molecular complexity index is 248. The van der Waals surface area contributed by atoms with Crippen LogP contribution < -0.4 is 0 Å². The van der Waals surface area contributed by atoms with Crippen molar-refractivity contribution in [3.8, 4) is 0 Å². The molecule has 1 aliphatic heterocycles. The van der Waals surface area contributed by atoms with E-state index in [0.717, 1.165) is 0 Å². The molecular weight excluding hydrogens is 188 g/mol. The van der Waals surface area contributed by atoms with Gasteiger partial charge in [0, 0.05) is 20.3 Å². The van der Waals surface area contributed by atoms with Crippen LogP contribution in [0.4, 0.5) is 0 Å². The number of esters is 2. The molecule has 0 aromatic heterocycles. The van der Waals surface area contributed by atoms with Gasteiger partial charge in [-0.3, -0.25) is 9.59 Å². The van der Waals surface area contributed by atoms with Crippen LogP contribution in [-0.2, 0) is 23.8 Å². The fourth-order valence-electron chi connectivity index (χ4n) is 1.89. The molecule has 5 heteroatoms. The van der Waals surface area contributed by atoms with E-state index >= 15 is 0 Å². The number of hydrogen-bond donors (Lipinski definition) is 0. The van der Waals surface area contributed by atoms with Gasteiger partial charge in [0.25, 0.3) is 0 Å². The summed E-state index contributed by atoms with van der Waals surface area (Å²) in [5, 5.41) is 0. The minimum absolute atomic E-state index is 0.0664. The van der Waals surface area contributed by atoms with Crippen LogP contribution in [0.2, 0.25) is 0 Å². The average Bonchev–Trinajstić information content (AvgIpc) is 2.72. The molecule has 0 radical (unpaired) electrons. The summed E-state index contributed by atoms with van der Waals surface area (Å²) in [5.74, 6) is -0.652. The molecule has 0 aromatic rings. The van der Waals surface area contributed by atoms with E-state index in [4.69, 9.17) is 14.2 Å². The van der Waals surface area contributed by atoms with Gasteiger partial charge in [0.05, 0.1) is 0 Å². The number of epoxide rings is 1. The van der Waals surface area contributed by atoms with E-state index in [9.17, 15) is 9.59 Å². The minimum atomic E-state index is -0.326. The van der Waals surface area contributed by atoms with Crippen LogP contribution in [0.5, 0.6) is 0 Å². The van der Waals surface area contributed by atoms with E-state index in [-0.39, 0.29) is 36.4 Å². The van der Waals surface area contributed by atoms with Crippen LogP contribution in [0, 0.1) is 0 Å². The Morgan fingerprint density at radius 1 is 1.07 bits per heavy atom. The number of carbonyl (C=O) groups is 2. The molecule has 78 valence electrons. The molecule has 0 spiro atoms. The lowest BCUT2D eigenvalue weighted by molar-refractivity contribution is -0.153. The highest BCUT2D eigenvalue weighted by atomic mass is 16.7. The van der Waals surface area contributed by atoms with Crippen molar-refractivity contribution < 1.29 is 23.8 Å². The molecule has 2 fully saturated rings. The quantitative estimate of drug-likeness (QED) is 0.464. The summed E-state index contributed by atoms with van der Waals surface area (Å²) in [6.07, 6.45) is -0.0794. The van der Waals surface area contributed by atoms with Crippen molar-refractivity contribution in [2.75, 3.05) is 0 Å². The van der Waals surface area contributed by atoms with Crippen LogP contribution in [0.1, 0.15) is 20.3 Å². The van der Waals surface area contributed by atoms with Crippen molar-refractivity contribution in [1.29, 1.82) is 0 Å². The number of rotatable bonds is 2. The third-order valence-electron chi connectivity index (χ3n) is 2.39. The Labute approximate surface area is 81.3 Å². The third-order valence-corrected chi connectivity index (χ3v) is 2.39. The Morgan fingerprint density at radius 2 is 1.50 bits per heavy atom. The van der Waals surface area contributed by atoms with E-state index in [0.29, 0.717) is 6.42 Å². The molecule has 4 atom stereocenters. The van der Waals surface area contributed by atoms with Gasteiger partial charge in [-0.25, -0.2) is 0 Å². The predicted molar refractivity (Wildman–Crippen MR) is 44.4 cm³/mol. The van der Waals surface area contributed by atoms with Crippen molar-refractivity contribution in [3.05, 3.63) is 0 Å². The molecule has 0 amide bonds. The third kappa shape index (κ3) is 1.72. The van der Waals surface area contributed by atoms with E-state index in [1.54, 1.807) is 0 Å². The summed E-state index contributed by atoms with van der Waals surface area (Å²) in [5.41, 5.74) is 0.